The Balaban J connectivity index is 2.80. The van der Waals surface area contributed by atoms with Gasteiger partial charge in [-0.05, 0) is 18.2 Å². The van der Waals surface area contributed by atoms with Gasteiger partial charge in [0, 0.05) is 19.2 Å². The van der Waals surface area contributed by atoms with Crippen LogP contribution in [-0.2, 0) is 0 Å². The fourth-order valence-electron chi connectivity index (χ4n) is 1.50. The fraction of sp³-hybridized carbons (Fsp3) is 0.308. The Kier molecular flexibility index (Phi) is 4.29. The third kappa shape index (κ3) is 3.60. The van der Waals surface area contributed by atoms with Gasteiger partial charge in [-0.2, -0.15) is 0 Å². The summed E-state index contributed by atoms with van der Waals surface area (Å²) in [7, 11) is 5.72. The zero-order valence-corrected chi connectivity index (χ0v) is 10.6. The zero-order valence-electron chi connectivity index (χ0n) is 10.6. The highest BCUT2D eigenvalue weighted by atomic mass is 16.5. The molecule has 0 aromatic heterocycles. The lowest BCUT2D eigenvalue weighted by atomic mass is 10.2. The Labute approximate surface area is 102 Å². The Morgan fingerprint density at radius 3 is 2.47 bits per heavy atom. The van der Waals surface area contributed by atoms with Crippen molar-refractivity contribution < 1.29 is 9.53 Å². The van der Waals surface area contributed by atoms with Crippen molar-refractivity contribution in [2.24, 2.45) is 0 Å². The second kappa shape index (κ2) is 5.50. The van der Waals surface area contributed by atoms with E-state index < -0.39 is 6.09 Å². The van der Waals surface area contributed by atoms with Crippen molar-refractivity contribution in [3.63, 3.8) is 0 Å². The van der Waals surface area contributed by atoms with Gasteiger partial charge >= 0.3 is 6.09 Å². The summed E-state index contributed by atoms with van der Waals surface area (Å²) >= 11 is 0. The van der Waals surface area contributed by atoms with E-state index >= 15 is 0 Å². The molecule has 0 heterocycles. The molecule has 0 aliphatic rings. The van der Waals surface area contributed by atoms with Crippen molar-refractivity contribution in [2.75, 3.05) is 27.7 Å². The number of benzene rings is 1. The highest BCUT2D eigenvalue weighted by Crippen LogP contribution is 2.22. The molecule has 0 saturated carbocycles. The van der Waals surface area contributed by atoms with E-state index in [2.05, 4.69) is 26.0 Å². The normalized spacial score (nSPS) is 10.8. The molecule has 17 heavy (non-hydrogen) atoms. The van der Waals surface area contributed by atoms with E-state index in [1.807, 2.05) is 18.2 Å². The van der Waals surface area contributed by atoms with Gasteiger partial charge in [-0.25, -0.2) is 4.79 Å². The number of hydrogen-bond acceptors (Lipinski definition) is 2. The van der Waals surface area contributed by atoms with Crippen molar-refractivity contribution in [1.82, 2.24) is 9.80 Å². The lowest BCUT2D eigenvalue weighted by Gasteiger charge is -2.27. The van der Waals surface area contributed by atoms with Gasteiger partial charge in [0.25, 0.3) is 0 Å². The van der Waals surface area contributed by atoms with Gasteiger partial charge in [-0.1, -0.05) is 6.58 Å². The Morgan fingerprint density at radius 2 is 2.00 bits per heavy atom. The van der Waals surface area contributed by atoms with Crippen molar-refractivity contribution in [2.45, 2.75) is 0 Å². The number of nitrogens with one attached hydrogen (secondary N) is 1. The van der Waals surface area contributed by atoms with Crippen LogP contribution >= 0.6 is 0 Å². The smallest absolute Gasteiger partial charge is 0.410 e. The first-order chi connectivity index (χ1) is 7.99. The first kappa shape index (κ1) is 13.3. The maximum Gasteiger partial charge on any atom is 0.412 e. The first-order valence-corrected chi connectivity index (χ1v) is 5.43. The standard InChI is InChI=1S/C13H18N2O2/c1-5-10-15(3,4)11-6-8-12(9-7-11)17-13(16)14-2/h5-9H,1,10H2,2-4H3/p+1. The SMILES string of the molecule is C=CC[N+](C)(C)c1ccc(OC(=O)NC)cc1. The molecule has 4 nitrogen and oxygen atoms in total. The van der Waals surface area contributed by atoms with E-state index in [9.17, 15) is 4.79 Å². The number of carbonyl (C=O) groups is 1. The van der Waals surface area contributed by atoms with Gasteiger partial charge in [0.1, 0.15) is 18.0 Å². The largest absolute Gasteiger partial charge is 0.412 e. The van der Waals surface area contributed by atoms with Crippen molar-refractivity contribution in [3.8, 4) is 5.75 Å². The summed E-state index contributed by atoms with van der Waals surface area (Å²) < 4.78 is 5.73. The van der Waals surface area contributed by atoms with Gasteiger partial charge in [-0.15, -0.1) is 0 Å². The summed E-state index contributed by atoms with van der Waals surface area (Å²) in [6.45, 7) is 4.59. The van der Waals surface area contributed by atoms with Crippen LogP contribution in [0.25, 0.3) is 0 Å². The molecule has 1 rings (SSSR count). The average Bonchev–Trinajstić information content (AvgIpc) is 2.29. The number of carbonyl (C=O) groups excluding carboxylic acids is 1. The van der Waals surface area contributed by atoms with E-state index in [-0.39, 0.29) is 0 Å². The molecule has 0 saturated heterocycles. The van der Waals surface area contributed by atoms with Crippen LogP contribution in [0.1, 0.15) is 0 Å². The minimum atomic E-state index is -0.461. The number of rotatable bonds is 4. The minimum Gasteiger partial charge on any atom is -0.410 e. The second-order valence-corrected chi connectivity index (χ2v) is 4.29. The van der Waals surface area contributed by atoms with E-state index in [0.717, 1.165) is 12.2 Å². The van der Waals surface area contributed by atoms with E-state index in [0.29, 0.717) is 10.2 Å². The predicted molar refractivity (Wildman–Crippen MR) is 70.2 cm³/mol. The number of ether oxygens (including phenoxy) is 1. The summed E-state index contributed by atoms with van der Waals surface area (Å²) in [5.41, 5.74) is 1.13. The fourth-order valence-corrected chi connectivity index (χ4v) is 1.50. The van der Waals surface area contributed by atoms with E-state index in [1.54, 1.807) is 12.1 Å². The summed E-state index contributed by atoms with van der Waals surface area (Å²) in [6, 6.07) is 7.46. The maximum absolute atomic E-state index is 11.0. The van der Waals surface area contributed by atoms with Crippen molar-refractivity contribution >= 4 is 11.8 Å². The van der Waals surface area contributed by atoms with Crippen LogP contribution in [0.2, 0.25) is 0 Å². The van der Waals surface area contributed by atoms with Gasteiger partial charge in [0.15, 0.2) is 0 Å². The lowest BCUT2D eigenvalue weighted by Crippen LogP contribution is -2.40. The number of quaternary nitrogens is 1. The third-order valence-corrected chi connectivity index (χ3v) is 2.54. The van der Waals surface area contributed by atoms with E-state index in [1.165, 1.54) is 7.05 Å². The van der Waals surface area contributed by atoms with Crippen molar-refractivity contribution in [1.29, 1.82) is 0 Å². The van der Waals surface area contributed by atoms with Gasteiger partial charge in [0.2, 0.25) is 0 Å². The lowest BCUT2D eigenvalue weighted by molar-refractivity contribution is 0.203. The van der Waals surface area contributed by atoms with Crippen LogP contribution in [0.4, 0.5) is 10.5 Å². The van der Waals surface area contributed by atoms with Crippen LogP contribution < -0.4 is 14.5 Å². The molecule has 0 unspecified atom stereocenters. The van der Waals surface area contributed by atoms with Crippen LogP contribution in [0.5, 0.6) is 5.75 Å². The molecule has 1 N–H and O–H groups in total. The Morgan fingerprint density at radius 1 is 1.41 bits per heavy atom. The number of hydrogen-bond donors (Lipinski definition) is 1. The summed E-state index contributed by atoms with van der Waals surface area (Å²) in [5.74, 6) is 0.534. The molecule has 1 aromatic carbocycles. The van der Waals surface area contributed by atoms with Crippen LogP contribution in [0, 0.1) is 0 Å². The summed E-state index contributed by atoms with van der Waals surface area (Å²) in [5, 5.41) is 2.40. The van der Waals surface area contributed by atoms with Gasteiger partial charge in [-0.3, -0.25) is 4.48 Å². The topological polar surface area (TPSA) is 38.3 Å². The number of amides is 1. The zero-order chi connectivity index (χ0) is 12.9. The quantitative estimate of drug-likeness (QED) is 0.641. The van der Waals surface area contributed by atoms with Crippen LogP contribution in [0.3, 0.4) is 0 Å². The first-order valence-electron chi connectivity index (χ1n) is 5.43. The molecule has 1 amide bonds. The molecule has 92 valence electrons. The molecule has 0 aliphatic carbocycles. The number of nitrogens with zero attached hydrogens (tertiary/aromatic N) is 1. The molecule has 0 spiro atoms. The summed E-state index contributed by atoms with van der Waals surface area (Å²) in [6.07, 6.45) is 1.42. The Hall–Kier alpha value is -1.81. The highest BCUT2D eigenvalue weighted by molar-refractivity contribution is 5.70. The molecule has 4 heteroatoms. The monoisotopic (exact) mass is 235 g/mol. The van der Waals surface area contributed by atoms with Gasteiger partial charge < -0.3 is 10.1 Å². The summed E-state index contributed by atoms with van der Waals surface area (Å²) in [4.78, 5) is 11.0. The molecule has 0 bridgehead atoms. The third-order valence-electron chi connectivity index (χ3n) is 2.54. The van der Waals surface area contributed by atoms with Crippen LogP contribution in [-0.4, -0.2) is 33.8 Å². The molecule has 0 atom stereocenters. The second-order valence-electron chi connectivity index (χ2n) is 4.29. The highest BCUT2D eigenvalue weighted by Gasteiger charge is 2.16. The van der Waals surface area contributed by atoms with E-state index in [4.69, 9.17) is 4.74 Å². The molecule has 0 aliphatic heterocycles. The number of likely N-dealkylation sites (N-methyl/N-ethyl adjacent to an activating group) is 1. The maximum atomic E-state index is 11.0. The molecular formula is C13H19N2O2+. The average molecular weight is 235 g/mol. The minimum absolute atomic E-state index is 0.461. The van der Waals surface area contributed by atoms with Gasteiger partial charge in [0.05, 0.1) is 14.1 Å². The molecule has 1 aromatic rings. The molecule has 0 radical (unpaired) electrons. The van der Waals surface area contributed by atoms with Crippen LogP contribution in [0.15, 0.2) is 36.9 Å². The molecule has 0 fully saturated rings. The van der Waals surface area contributed by atoms with Crippen molar-refractivity contribution in [3.05, 3.63) is 36.9 Å². The Bertz CT molecular complexity index is 396. The molecular weight excluding hydrogens is 216 g/mol. The predicted octanol–water partition coefficient (Wildman–Crippen LogP) is 2.16.